The van der Waals surface area contributed by atoms with E-state index in [-0.39, 0.29) is 35.2 Å². The summed E-state index contributed by atoms with van der Waals surface area (Å²) < 4.78 is 70.7. The minimum atomic E-state index is -4.43. The lowest BCUT2D eigenvalue weighted by Gasteiger charge is -2.24. The number of rotatable bonds is 6. The number of aromatic nitrogens is 2. The fourth-order valence-corrected chi connectivity index (χ4v) is 6.03. The Labute approximate surface area is 227 Å². The predicted octanol–water partition coefficient (Wildman–Crippen LogP) is 5.36. The van der Waals surface area contributed by atoms with Crippen molar-refractivity contribution >= 4 is 32.1 Å². The SMILES string of the molecule is COc1cc(C(C)(C)C)ncc1NCC#Cc1cc2c(NC3CCS(=O)(=O)CC3)cccc2n1CC(F)(F)F. The summed E-state index contributed by atoms with van der Waals surface area (Å²) in [5.41, 5.74) is 2.65. The third-order valence-electron chi connectivity index (χ3n) is 6.64. The molecule has 7 nitrogen and oxygen atoms in total. The summed E-state index contributed by atoms with van der Waals surface area (Å²) in [5, 5.41) is 7.08. The van der Waals surface area contributed by atoms with Crippen molar-refractivity contribution < 1.29 is 26.3 Å². The number of alkyl halides is 3. The molecule has 11 heteroatoms. The summed E-state index contributed by atoms with van der Waals surface area (Å²) in [6.45, 7) is 5.14. The normalized spacial score (nSPS) is 16.0. The standard InChI is InChI=1S/C28H33F3N4O3S/c1-27(2,3)26-16-25(38-4)23(17-33-26)32-12-6-7-20-15-21-22(34-19-10-13-39(36,37)14-11-19)8-5-9-24(21)35(20)18-28(29,30)31/h5,8-9,15-17,19,32,34H,10-14,18H2,1-4H3. The van der Waals surface area contributed by atoms with E-state index < -0.39 is 22.6 Å². The minimum absolute atomic E-state index is 0.0721. The average Bonchev–Trinajstić information content (AvgIpc) is 3.19. The summed E-state index contributed by atoms with van der Waals surface area (Å²) in [6, 6.07) is 8.55. The second-order valence-corrected chi connectivity index (χ2v) is 13.0. The molecule has 210 valence electrons. The van der Waals surface area contributed by atoms with E-state index in [1.165, 1.54) is 4.57 Å². The molecule has 3 heterocycles. The maximum atomic E-state index is 13.5. The number of benzene rings is 1. The quantitative estimate of drug-likeness (QED) is 0.394. The van der Waals surface area contributed by atoms with Gasteiger partial charge in [-0.2, -0.15) is 13.2 Å². The van der Waals surface area contributed by atoms with Crippen molar-refractivity contribution in [2.45, 2.75) is 57.8 Å². The van der Waals surface area contributed by atoms with Crippen LogP contribution in [-0.4, -0.2) is 55.3 Å². The van der Waals surface area contributed by atoms with Gasteiger partial charge in [-0.15, -0.1) is 0 Å². The molecule has 1 aliphatic heterocycles. The van der Waals surface area contributed by atoms with Crippen molar-refractivity contribution in [3.05, 3.63) is 47.9 Å². The van der Waals surface area contributed by atoms with E-state index in [1.54, 1.807) is 37.6 Å². The Morgan fingerprint density at radius 1 is 1.13 bits per heavy atom. The smallest absolute Gasteiger partial charge is 0.406 e. The molecule has 1 saturated heterocycles. The molecule has 0 radical (unpaired) electrons. The number of anilines is 2. The number of ether oxygens (including phenoxy) is 1. The van der Waals surface area contributed by atoms with E-state index in [1.807, 2.05) is 26.8 Å². The van der Waals surface area contributed by atoms with Crippen molar-refractivity contribution in [1.29, 1.82) is 0 Å². The Bertz CT molecular complexity index is 1500. The molecule has 4 rings (SSSR count). The summed E-state index contributed by atoms with van der Waals surface area (Å²) in [4.78, 5) is 4.48. The van der Waals surface area contributed by atoms with Gasteiger partial charge >= 0.3 is 6.18 Å². The molecular formula is C28H33F3N4O3S. The number of hydrogen-bond acceptors (Lipinski definition) is 6. The van der Waals surface area contributed by atoms with Gasteiger partial charge in [0.1, 0.15) is 22.1 Å². The van der Waals surface area contributed by atoms with Crippen LogP contribution in [0.3, 0.4) is 0 Å². The summed E-state index contributed by atoms with van der Waals surface area (Å²) in [5.74, 6) is 6.61. The fraction of sp³-hybridized carbons (Fsp3) is 0.464. The fourth-order valence-electron chi connectivity index (χ4n) is 4.54. The molecule has 0 aliphatic carbocycles. The van der Waals surface area contributed by atoms with Crippen molar-refractivity contribution in [2.75, 3.05) is 35.8 Å². The third-order valence-corrected chi connectivity index (χ3v) is 8.35. The van der Waals surface area contributed by atoms with Crippen LogP contribution in [0.15, 0.2) is 36.5 Å². The molecule has 0 atom stereocenters. The van der Waals surface area contributed by atoms with Gasteiger partial charge in [-0.1, -0.05) is 32.8 Å². The van der Waals surface area contributed by atoms with E-state index in [0.717, 1.165) is 5.69 Å². The molecule has 2 aromatic heterocycles. The summed E-state index contributed by atoms with van der Waals surface area (Å²) in [6.07, 6.45) is -1.86. The van der Waals surface area contributed by atoms with Crippen LogP contribution in [0, 0.1) is 11.8 Å². The lowest BCUT2D eigenvalue weighted by Crippen LogP contribution is -2.32. The van der Waals surface area contributed by atoms with Gasteiger partial charge in [0.15, 0.2) is 0 Å². The average molecular weight is 563 g/mol. The number of nitrogens with zero attached hydrogens (tertiary/aromatic N) is 2. The molecule has 2 N–H and O–H groups in total. The number of hydrogen-bond donors (Lipinski definition) is 2. The Kier molecular flexibility index (Phi) is 8.07. The monoisotopic (exact) mass is 562 g/mol. The summed E-state index contributed by atoms with van der Waals surface area (Å²) >= 11 is 0. The zero-order valence-corrected chi connectivity index (χ0v) is 23.3. The van der Waals surface area contributed by atoms with E-state index >= 15 is 0 Å². The van der Waals surface area contributed by atoms with Crippen molar-refractivity contribution in [2.24, 2.45) is 0 Å². The van der Waals surface area contributed by atoms with E-state index in [0.29, 0.717) is 40.9 Å². The minimum Gasteiger partial charge on any atom is -0.494 e. The van der Waals surface area contributed by atoms with Crippen LogP contribution in [0.2, 0.25) is 0 Å². The van der Waals surface area contributed by atoms with Gasteiger partial charge in [-0.3, -0.25) is 4.98 Å². The van der Waals surface area contributed by atoms with Gasteiger partial charge in [0.2, 0.25) is 0 Å². The Morgan fingerprint density at radius 3 is 2.49 bits per heavy atom. The van der Waals surface area contributed by atoms with Crippen LogP contribution in [-0.2, 0) is 21.8 Å². The second-order valence-electron chi connectivity index (χ2n) is 10.7. The first-order valence-electron chi connectivity index (χ1n) is 12.7. The number of pyridine rings is 1. The molecule has 1 aliphatic rings. The van der Waals surface area contributed by atoms with Gasteiger partial charge in [0.25, 0.3) is 0 Å². The van der Waals surface area contributed by atoms with E-state index in [9.17, 15) is 21.6 Å². The molecule has 1 aromatic carbocycles. The van der Waals surface area contributed by atoms with Crippen LogP contribution in [0.25, 0.3) is 10.9 Å². The first-order valence-corrected chi connectivity index (χ1v) is 14.5. The van der Waals surface area contributed by atoms with Gasteiger partial charge in [0.05, 0.1) is 48.3 Å². The van der Waals surface area contributed by atoms with Crippen molar-refractivity contribution in [1.82, 2.24) is 9.55 Å². The van der Waals surface area contributed by atoms with Crippen LogP contribution >= 0.6 is 0 Å². The largest absolute Gasteiger partial charge is 0.494 e. The van der Waals surface area contributed by atoms with Crippen LogP contribution in [0.4, 0.5) is 24.5 Å². The number of halogens is 3. The molecule has 3 aromatic rings. The number of sulfone groups is 1. The van der Waals surface area contributed by atoms with E-state index in [2.05, 4.69) is 27.5 Å². The number of fused-ring (bicyclic) bond motifs is 1. The molecule has 39 heavy (non-hydrogen) atoms. The predicted molar refractivity (Wildman–Crippen MR) is 148 cm³/mol. The van der Waals surface area contributed by atoms with Crippen LogP contribution < -0.4 is 15.4 Å². The first kappa shape index (κ1) is 28.6. The van der Waals surface area contributed by atoms with Crippen molar-refractivity contribution in [3.63, 3.8) is 0 Å². The van der Waals surface area contributed by atoms with Crippen LogP contribution in [0.1, 0.15) is 45.0 Å². The molecule has 1 fully saturated rings. The highest BCUT2D eigenvalue weighted by molar-refractivity contribution is 7.91. The van der Waals surface area contributed by atoms with Gasteiger partial charge in [-0.05, 0) is 37.0 Å². The number of nitrogens with one attached hydrogen (secondary N) is 2. The summed E-state index contributed by atoms with van der Waals surface area (Å²) in [7, 11) is -1.46. The van der Waals surface area contributed by atoms with Crippen LogP contribution in [0.5, 0.6) is 5.75 Å². The molecule has 0 spiro atoms. The molecule has 0 amide bonds. The highest BCUT2D eigenvalue weighted by Gasteiger charge is 2.30. The molecular weight excluding hydrogens is 529 g/mol. The highest BCUT2D eigenvalue weighted by atomic mass is 32.2. The van der Waals surface area contributed by atoms with Gasteiger partial charge < -0.3 is 19.9 Å². The highest BCUT2D eigenvalue weighted by Crippen LogP contribution is 2.32. The number of methoxy groups -OCH3 is 1. The van der Waals surface area contributed by atoms with Gasteiger partial charge in [0, 0.05) is 34.3 Å². The maximum absolute atomic E-state index is 13.5. The maximum Gasteiger partial charge on any atom is 0.406 e. The van der Waals surface area contributed by atoms with Gasteiger partial charge in [-0.25, -0.2) is 8.42 Å². The Morgan fingerprint density at radius 2 is 1.85 bits per heavy atom. The first-order chi connectivity index (χ1) is 18.3. The molecule has 0 bridgehead atoms. The second kappa shape index (κ2) is 11.0. The zero-order chi connectivity index (χ0) is 28.4. The van der Waals surface area contributed by atoms with Crippen molar-refractivity contribution in [3.8, 4) is 17.6 Å². The lowest BCUT2D eigenvalue weighted by atomic mass is 9.91. The molecule has 0 saturated carbocycles. The Hall–Kier alpha value is -3.39. The Balaban J connectivity index is 1.59. The molecule has 0 unspecified atom stereocenters. The van der Waals surface area contributed by atoms with E-state index in [4.69, 9.17) is 4.74 Å². The zero-order valence-electron chi connectivity index (χ0n) is 22.4. The topological polar surface area (TPSA) is 85.2 Å². The lowest BCUT2D eigenvalue weighted by molar-refractivity contribution is -0.140. The third kappa shape index (κ3) is 7.18.